The Labute approximate surface area is 212 Å². The number of carbonyl (C=O) groups excluding carboxylic acids is 1. The lowest BCUT2D eigenvalue weighted by Gasteiger charge is -2.27. The van der Waals surface area contributed by atoms with E-state index in [9.17, 15) is 4.79 Å². The van der Waals surface area contributed by atoms with E-state index < -0.39 is 0 Å². The van der Waals surface area contributed by atoms with Gasteiger partial charge in [0.15, 0.2) is 0 Å². The van der Waals surface area contributed by atoms with E-state index in [0.29, 0.717) is 81.8 Å². The fourth-order valence-corrected chi connectivity index (χ4v) is 3.39. The van der Waals surface area contributed by atoms with E-state index in [-0.39, 0.29) is 5.91 Å². The van der Waals surface area contributed by atoms with Crippen molar-refractivity contribution >= 4 is 29.4 Å². The Morgan fingerprint density at radius 1 is 1.06 bits per heavy atom. The molecule has 1 aliphatic heterocycles. The van der Waals surface area contributed by atoms with Crippen molar-refractivity contribution in [3.05, 3.63) is 29.8 Å². The third kappa shape index (κ3) is 9.53. The first kappa shape index (κ1) is 27.5. The minimum atomic E-state index is -0.187. The number of nitrogens with two attached hydrogens (primary N) is 1. The van der Waals surface area contributed by atoms with Crippen molar-refractivity contribution in [1.82, 2.24) is 20.3 Å². The molecule has 0 bridgehead atoms. The first-order valence-electron chi connectivity index (χ1n) is 12.5. The van der Waals surface area contributed by atoms with Gasteiger partial charge in [-0.3, -0.25) is 4.79 Å². The maximum absolute atomic E-state index is 12.6. The molecule has 5 N–H and O–H groups in total. The van der Waals surface area contributed by atoms with E-state index in [4.69, 9.17) is 19.9 Å². The number of ether oxygens (including phenoxy) is 3. The first-order chi connectivity index (χ1) is 17.7. The van der Waals surface area contributed by atoms with Gasteiger partial charge < -0.3 is 40.8 Å². The van der Waals surface area contributed by atoms with E-state index in [1.807, 2.05) is 12.1 Å². The molecule has 1 saturated heterocycles. The molecule has 12 nitrogen and oxygen atoms in total. The monoisotopic (exact) mass is 502 g/mol. The summed E-state index contributed by atoms with van der Waals surface area (Å²) in [5, 5.41) is 9.36. The Kier molecular flexibility index (Phi) is 12.1. The van der Waals surface area contributed by atoms with Crippen LogP contribution in [0.5, 0.6) is 0 Å². The Morgan fingerprint density at radius 2 is 1.83 bits per heavy atom. The highest BCUT2D eigenvalue weighted by molar-refractivity contribution is 5.95. The fourth-order valence-electron chi connectivity index (χ4n) is 3.39. The Hall–Kier alpha value is -3.06. The van der Waals surface area contributed by atoms with Crippen LogP contribution < -0.4 is 26.6 Å². The summed E-state index contributed by atoms with van der Waals surface area (Å²) in [5.41, 5.74) is 6.59. The summed E-state index contributed by atoms with van der Waals surface area (Å²) in [7, 11) is 0. The van der Waals surface area contributed by atoms with Gasteiger partial charge in [-0.1, -0.05) is 19.4 Å². The van der Waals surface area contributed by atoms with Crippen LogP contribution in [-0.4, -0.2) is 93.2 Å². The molecule has 1 fully saturated rings. The largest absolute Gasteiger partial charge is 0.378 e. The molecule has 36 heavy (non-hydrogen) atoms. The normalized spacial score (nSPS) is 13.4. The number of nitrogens with zero attached hydrogens (tertiary/aromatic N) is 4. The van der Waals surface area contributed by atoms with Gasteiger partial charge in [-0.15, -0.1) is 0 Å². The van der Waals surface area contributed by atoms with Crippen molar-refractivity contribution in [2.45, 2.75) is 19.8 Å². The average molecular weight is 503 g/mol. The minimum absolute atomic E-state index is 0.187. The average Bonchev–Trinajstić information content (AvgIpc) is 2.91. The number of hydrogen-bond acceptors (Lipinski definition) is 11. The predicted octanol–water partition coefficient (Wildman–Crippen LogP) is 1.39. The van der Waals surface area contributed by atoms with Crippen molar-refractivity contribution < 1.29 is 19.0 Å². The molecule has 1 amide bonds. The van der Waals surface area contributed by atoms with Crippen LogP contribution in [-0.2, 0) is 14.2 Å². The van der Waals surface area contributed by atoms with E-state index in [1.54, 1.807) is 12.1 Å². The highest BCUT2D eigenvalue weighted by atomic mass is 16.5. The molecule has 0 unspecified atom stereocenters. The van der Waals surface area contributed by atoms with Gasteiger partial charge in [0.1, 0.15) is 0 Å². The highest BCUT2D eigenvalue weighted by Gasteiger charge is 2.17. The smallest absolute Gasteiger partial charge is 0.251 e. The highest BCUT2D eigenvalue weighted by Crippen LogP contribution is 2.19. The van der Waals surface area contributed by atoms with E-state index in [2.05, 4.69) is 42.7 Å². The number of carbonyl (C=O) groups is 1. The molecule has 1 aromatic heterocycles. The van der Waals surface area contributed by atoms with Gasteiger partial charge in [-0.05, 0) is 24.6 Å². The van der Waals surface area contributed by atoms with Gasteiger partial charge in [0, 0.05) is 44.0 Å². The molecule has 12 heteroatoms. The number of unbranched alkanes of at least 4 members (excludes halogenated alkanes) is 1. The Balaban J connectivity index is 1.58. The Morgan fingerprint density at radius 3 is 2.61 bits per heavy atom. The van der Waals surface area contributed by atoms with Crippen molar-refractivity contribution in [1.29, 1.82) is 0 Å². The SMILES string of the molecule is CCCCNc1nc(Nc2cccc(C(=O)NCCOCCOCCN)c2)nc(N2CCOCC2)n1. The molecule has 2 heterocycles. The van der Waals surface area contributed by atoms with Crippen LogP contribution in [0.15, 0.2) is 24.3 Å². The molecular weight excluding hydrogens is 464 g/mol. The predicted molar refractivity (Wildman–Crippen MR) is 139 cm³/mol. The number of anilines is 4. The molecule has 1 aromatic carbocycles. The number of hydrogen-bond donors (Lipinski definition) is 4. The molecule has 3 rings (SSSR count). The van der Waals surface area contributed by atoms with E-state index >= 15 is 0 Å². The zero-order valence-electron chi connectivity index (χ0n) is 21.0. The fraction of sp³-hybridized carbons (Fsp3) is 0.583. The minimum Gasteiger partial charge on any atom is -0.378 e. The summed E-state index contributed by atoms with van der Waals surface area (Å²) in [6.07, 6.45) is 2.09. The summed E-state index contributed by atoms with van der Waals surface area (Å²) in [6.45, 7) is 8.38. The molecule has 0 saturated carbocycles. The van der Waals surface area contributed by atoms with Crippen LogP contribution in [0.25, 0.3) is 0 Å². The molecule has 0 radical (unpaired) electrons. The maximum atomic E-state index is 12.6. The van der Waals surface area contributed by atoms with Crippen LogP contribution in [0.2, 0.25) is 0 Å². The van der Waals surface area contributed by atoms with Crippen molar-refractivity contribution in [3.8, 4) is 0 Å². The van der Waals surface area contributed by atoms with Crippen molar-refractivity contribution in [2.75, 3.05) is 87.9 Å². The first-order valence-corrected chi connectivity index (χ1v) is 12.5. The molecule has 0 spiro atoms. The zero-order valence-corrected chi connectivity index (χ0v) is 21.0. The lowest BCUT2D eigenvalue weighted by atomic mass is 10.2. The van der Waals surface area contributed by atoms with Gasteiger partial charge >= 0.3 is 0 Å². The molecule has 1 aliphatic rings. The van der Waals surface area contributed by atoms with E-state index in [0.717, 1.165) is 32.5 Å². The molecule has 0 aliphatic carbocycles. The second kappa shape index (κ2) is 15.8. The van der Waals surface area contributed by atoms with Gasteiger partial charge in [0.05, 0.1) is 39.6 Å². The summed E-state index contributed by atoms with van der Waals surface area (Å²) < 4.78 is 16.1. The number of morpholine rings is 1. The number of aromatic nitrogens is 3. The number of nitrogens with one attached hydrogen (secondary N) is 3. The van der Waals surface area contributed by atoms with Crippen molar-refractivity contribution in [2.24, 2.45) is 5.73 Å². The van der Waals surface area contributed by atoms with Crippen LogP contribution in [0.1, 0.15) is 30.1 Å². The van der Waals surface area contributed by atoms with Gasteiger partial charge in [-0.2, -0.15) is 15.0 Å². The summed E-state index contributed by atoms with van der Waals surface area (Å²) in [4.78, 5) is 28.4. The van der Waals surface area contributed by atoms with Crippen molar-refractivity contribution in [3.63, 3.8) is 0 Å². The Bertz CT molecular complexity index is 927. The third-order valence-electron chi connectivity index (χ3n) is 5.28. The van der Waals surface area contributed by atoms with Crippen LogP contribution in [0.3, 0.4) is 0 Å². The molecular formula is C24H38N8O4. The number of benzene rings is 1. The van der Waals surface area contributed by atoms with Crippen LogP contribution in [0, 0.1) is 0 Å². The quantitative estimate of drug-likeness (QED) is 0.247. The number of amides is 1. The molecule has 198 valence electrons. The second-order valence-electron chi connectivity index (χ2n) is 8.14. The van der Waals surface area contributed by atoms with E-state index in [1.165, 1.54) is 0 Å². The lowest BCUT2D eigenvalue weighted by molar-refractivity contribution is 0.0511. The molecule has 2 aromatic rings. The van der Waals surface area contributed by atoms with Crippen LogP contribution >= 0.6 is 0 Å². The second-order valence-corrected chi connectivity index (χ2v) is 8.14. The van der Waals surface area contributed by atoms with Gasteiger partial charge in [0.2, 0.25) is 17.8 Å². The lowest BCUT2D eigenvalue weighted by Crippen LogP contribution is -2.37. The van der Waals surface area contributed by atoms with Gasteiger partial charge in [0.25, 0.3) is 5.91 Å². The topological polar surface area (TPSA) is 149 Å². The molecule has 0 atom stereocenters. The zero-order chi connectivity index (χ0) is 25.4. The maximum Gasteiger partial charge on any atom is 0.251 e. The third-order valence-corrected chi connectivity index (χ3v) is 5.28. The van der Waals surface area contributed by atoms with Crippen LogP contribution in [0.4, 0.5) is 23.5 Å². The summed E-state index contributed by atoms with van der Waals surface area (Å²) in [5.74, 6) is 1.34. The van der Waals surface area contributed by atoms with Gasteiger partial charge in [-0.25, -0.2) is 0 Å². The standard InChI is InChI=1S/C24H38N8O4/c1-2-3-8-27-22-29-23(31-24(30-22)32-10-14-36-15-11-32)28-20-6-4-5-19(18-20)21(33)26-9-13-35-17-16-34-12-7-25/h4-6,18H,2-3,7-17,25H2,1H3,(H,26,33)(H2,27,28,29,30,31). The summed E-state index contributed by atoms with van der Waals surface area (Å²) >= 11 is 0. The summed E-state index contributed by atoms with van der Waals surface area (Å²) in [6, 6.07) is 7.20. The number of rotatable bonds is 16.